The van der Waals surface area contributed by atoms with Crippen LogP contribution in [0.5, 0.6) is 0 Å². The number of hydrogen-bond donors (Lipinski definition) is 2. The molecular formula is C8H14N2O4. The van der Waals surface area contributed by atoms with Crippen LogP contribution in [0.25, 0.3) is 0 Å². The van der Waals surface area contributed by atoms with Gasteiger partial charge in [0.25, 0.3) is 0 Å². The molecule has 14 heavy (non-hydrogen) atoms. The maximum Gasteiger partial charge on any atom is 0.233 e. The summed E-state index contributed by atoms with van der Waals surface area (Å²) in [5, 5.41) is 9.19. The molecule has 0 aliphatic heterocycles. The summed E-state index contributed by atoms with van der Waals surface area (Å²) in [6.45, 7) is -0.0498. The van der Waals surface area contributed by atoms with Crippen molar-refractivity contribution >= 4 is 18.6 Å². The van der Waals surface area contributed by atoms with Gasteiger partial charge in [-0.15, -0.1) is 0 Å². The van der Waals surface area contributed by atoms with Gasteiger partial charge in [0.1, 0.15) is 6.29 Å². The van der Waals surface area contributed by atoms with Gasteiger partial charge in [0.15, 0.2) is 0 Å². The van der Waals surface area contributed by atoms with E-state index in [1.165, 1.54) is 0 Å². The molecule has 0 aliphatic rings. The Hall–Kier alpha value is -1.43. The number of nitrogens with two attached hydrogens (primary N) is 1. The Bertz CT molecular complexity index is 208. The summed E-state index contributed by atoms with van der Waals surface area (Å²) in [6, 6.07) is 0. The average Bonchev–Trinajstić information content (AvgIpc) is 2.15. The van der Waals surface area contributed by atoms with Crippen LogP contribution in [-0.4, -0.2) is 35.4 Å². The third-order valence-electron chi connectivity index (χ3n) is 1.73. The standard InChI is InChI=1S/C8H14N2O4/c9-8(13)3-1-2-7(5-11)4-10(14)6-12/h5-7,14H,1-4H2,(H2,9,13). The fourth-order valence-corrected chi connectivity index (χ4v) is 1.02. The summed E-state index contributed by atoms with van der Waals surface area (Å²) in [4.78, 5) is 30.9. The molecule has 6 heteroatoms. The molecule has 0 fully saturated rings. The zero-order chi connectivity index (χ0) is 11.0. The minimum atomic E-state index is -0.454. The predicted octanol–water partition coefficient (Wildman–Crippen LogP) is -0.695. The van der Waals surface area contributed by atoms with Crippen molar-refractivity contribution in [1.29, 1.82) is 0 Å². The lowest BCUT2D eigenvalue weighted by atomic mass is 10.0. The number of primary amides is 1. The molecule has 0 bridgehead atoms. The van der Waals surface area contributed by atoms with Gasteiger partial charge in [-0.25, -0.2) is 5.06 Å². The molecule has 3 N–H and O–H groups in total. The zero-order valence-corrected chi connectivity index (χ0v) is 7.76. The van der Waals surface area contributed by atoms with Crippen molar-refractivity contribution in [3.8, 4) is 0 Å². The van der Waals surface area contributed by atoms with Gasteiger partial charge in [-0.3, -0.25) is 14.8 Å². The van der Waals surface area contributed by atoms with Crippen molar-refractivity contribution in [2.24, 2.45) is 11.7 Å². The molecule has 0 saturated carbocycles. The van der Waals surface area contributed by atoms with Gasteiger partial charge < -0.3 is 10.5 Å². The maximum absolute atomic E-state index is 10.5. The molecule has 1 atom stereocenters. The van der Waals surface area contributed by atoms with E-state index in [0.29, 0.717) is 24.2 Å². The Morgan fingerprint density at radius 1 is 1.50 bits per heavy atom. The quantitative estimate of drug-likeness (QED) is 0.309. The van der Waals surface area contributed by atoms with Gasteiger partial charge >= 0.3 is 0 Å². The number of rotatable bonds is 8. The average molecular weight is 202 g/mol. The highest BCUT2D eigenvalue weighted by atomic mass is 16.5. The summed E-state index contributed by atoms with van der Waals surface area (Å²) in [5.41, 5.74) is 4.90. The Kier molecular flexibility index (Phi) is 6.30. The van der Waals surface area contributed by atoms with Crippen LogP contribution in [-0.2, 0) is 14.4 Å². The van der Waals surface area contributed by atoms with Crippen molar-refractivity contribution < 1.29 is 19.6 Å². The molecule has 0 spiro atoms. The molecule has 0 aromatic heterocycles. The summed E-state index contributed by atoms with van der Waals surface area (Å²) >= 11 is 0. The molecule has 0 heterocycles. The molecule has 0 aromatic carbocycles. The Morgan fingerprint density at radius 3 is 2.57 bits per heavy atom. The number of carbonyl (C=O) groups is 3. The van der Waals surface area contributed by atoms with Crippen molar-refractivity contribution in [1.82, 2.24) is 5.06 Å². The molecule has 0 aromatic rings. The number of carbonyl (C=O) groups excluding carboxylic acids is 3. The molecule has 0 radical (unpaired) electrons. The van der Waals surface area contributed by atoms with E-state index >= 15 is 0 Å². The predicted molar refractivity (Wildman–Crippen MR) is 47.2 cm³/mol. The number of hydroxylamine groups is 2. The molecular weight excluding hydrogens is 188 g/mol. The van der Waals surface area contributed by atoms with Gasteiger partial charge in [0, 0.05) is 12.3 Å². The summed E-state index contributed by atoms with van der Waals surface area (Å²) < 4.78 is 0. The van der Waals surface area contributed by atoms with Crippen molar-refractivity contribution in [2.75, 3.05) is 6.54 Å². The van der Waals surface area contributed by atoms with E-state index in [1.54, 1.807) is 0 Å². The van der Waals surface area contributed by atoms with Crippen LogP contribution in [0, 0.1) is 5.92 Å². The first-order valence-corrected chi connectivity index (χ1v) is 4.24. The Morgan fingerprint density at radius 2 is 2.14 bits per heavy atom. The first kappa shape index (κ1) is 12.6. The fourth-order valence-electron chi connectivity index (χ4n) is 1.02. The fraction of sp³-hybridized carbons (Fsp3) is 0.625. The highest BCUT2D eigenvalue weighted by Crippen LogP contribution is 2.06. The van der Waals surface area contributed by atoms with E-state index in [1.807, 2.05) is 0 Å². The molecule has 1 unspecified atom stereocenters. The lowest BCUT2D eigenvalue weighted by Gasteiger charge is -2.13. The van der Waals surface area contributed by atoms with Crippen LogP contribution in [0.3, 0.4) is 0 Å². The van der Waals surface area contributed by atoms with Gasteiger partial charge in [0.05, 0.1) is 6.54 Å². The van der Waals surface area contributed by atoms with Gasteiger partial charge in [0.2, 0.25) is 12.3 Å². The molecule has 0 rings (SSSR count). The molecule has 0 saturated heterocycles. The number of aldehydes is 1. The van der Waals surface area contributed by atoms with Gasteiger partial charge in [-0.2, -0.15) is 0 Å². The normalized spacial score (nSPS) is 11.8. The first-order chi connectivity index (χ1) is 6.60. The highest BCUT2D eigenvalue weighted by Gasteiger charge is 2.11. The molecule has 2 amide bonds. The van der Waals surface area contributed by atoms with Crippen LogP contribution in [0.2, 0.25) is 0 Å². The van der Waals surface area contributed by atoms with Crippen LogP contribution >= 0.6 is 0 Å². The van der Waals surface area contributed by atoms with E-state index in [9.17, 15) is 14.4 Å². The minimum absolute atomic E-state index is 0.0498. The summed E-state index contributed by atoms with van der Waals surface area (Å²) in [5.74, 6) is -0.879. The first-order valence-electron chi connectivity index (χ1n) is 4.24. The number of hydrogen-bond acceptors (Lipinski definition) is 4. The summed E-state index contributed by atoms with van der Waals surface area (Å²) in [6.07, 6.45) is 1.98. The Balaban J connectivity index is 3.73. The maximum atomic E-state index is 10.5. The SMILES string of the molecule is NC(=O)CCCC(C=O)CN(O)C=O. The second kappa shape index (κ2) is 7.02. The minimum Gasteiger partial charge on any atom is -0.370 e. The van der Waals surface area contributed by atoms with E-state index in [4.69, 9.17) is 10.9 Å². The van der Waals surface area contributed by atoms with Gasteiger partial charge in [-0.1, -0.05) is 0 Å². The smallest absolute Gasteiger partial charge is 0.233 e. The summed E-state index contributed by atoms with van der Waals surface area (Å²) in [7, 11) is 0. The van der Waals surface area contributed by atoms with Crippen molar-refractivity contribution in [3.05, 3.63) is 0 Å². The molecule has 6 nitrogen and oxygen atoms in total. The zero-order valence-electron chi connectivity index (χ0n) is 7.76. The van der Waals surface area contributed by atoms with Crippen molar-refractivity contribution in [3.63, 3.8) is 0 Å². The second-order valence-corrected chi connectivity index (χ2v) is 2.98. The van der Waals surface area contributed by atoms with Crippen LogP contribution in [0.4, 0.5) is 0 Å². The monoisotopic (exact) mass is 202 g/mol. The van der Waals surface area contributed by atoms with Gasteiger partial charge in [-0.05, 0) is 12.8 Å². The third-order valence-corrected chi connectivity index (χ3v) is 1.73. The van der Waals surface area contributed by atoms with Crippen LogP contribution in [0.1, 0.15) is 19.3 Å². The molecule has 0 aliphatic carbocycles. The second-order valence-electron chi connectivity index (χ2n) is 2.98. The third kappa shape index (κ3) is 6.13. The number of amides is 2. The van der Waals surface area contributed by atoms with E-state index < -0.39 is 11.8 Å². The highest BCUT2D eigenvalue weighted by molar-refractivity contribution is 5.73. The topological polar surface area (TPSA) is 101 Å². The van der Waals surface area contributed by atoms with Crippen molar-refractivity contribution in [2.45, 2.75) is 19.3 Å². The van der Waals surface area contributed by atoms with E-state index in [2.05, 4.69) is 0 Å². The number of nitrogens with zero attached hydrogens (tertiary/aromatic N) is 1. The molecule has 80 valence electrons. The van der Waals surface area contributed by atoms with E-state index in [-0.39, 0.29) is 19.4 Å². The van der Waals surface area contributed by atoms with Crippen LogP contribution in [0.15, 0.2) is 0 Å². The largest absolute Gasteiger partial charge is 0.370 e. The van der Waals surface area contributed by atoms with Crippen LogP contribution < -0.4 is 5.73 Å². The lowest BCUT2D eigenvalue weighted by Crippen LogP contribution is -2.26. The van der Waals surface area contributed by atoms with E-state index in [0.717, 1.165) is 0 Å². The lowest BCUT2D eigenvalue weighted by molar-refractivity contribution is -0.153. The Labute approximate surface area is 81.6 Å².